The summed E-state index contributed by atoms with van der Waals surface area (Å²) in [7, 11) is 0. The first-order valence-electron chi connectivity index (χ1n) is 10.7. The van der Waals surface area contributed by atoms with Gasteiger partial charge in [-0.3, -0.25) is 4.57 Å². The van der Waals surface area contributed by atoms with Crippen LogP contribution in [0.2, 0.25) is 10.0 Å². The van der Waals surface area contributed by atoms with E-state index in [9.17, 15) is 0 Å². The topological polar surface area (TPSA) is 29.9 Å². The summed E-state index contributed by atoms with van der Waals surface area (Å²) < 4.78 is 2.24. The molecule has 1 aliphatic heterocycles. The Labute approximate surface area is 201 Å². The highest BCUT2D eigenvalue weighted by Gasteiger charge is 2.34. The SMILES string of the molecule is Clc1ccc(C2C(c3ccccc3)=C(c3ccccc3)Nc3nc4ccccc4n32)c(Cl)c1. The van der Waals surface area contributed by atoms with Crippen LogP contribution in [0, 0.1) is 0 Å². The minimum atomic E-state index is -0.198. The molecule has 1 unspecified atom stereocenters. The molecule has 1 aliphatic rings. The van der Waals surface area contributed by atoms with E-state index in [4.69, 9.17) is 28.2 Å². The second kappa shape index (κ2) is 8.11. The maximum Gasteiger partial charge on any atom is 0.209 e. The van der Waals surface area contributed by atoms with E-state index >= 15 is 0 Å². The Morgan fingerprint density at radius 3 is 2.12 bits per heavy atom. The highest BCUT2D eigenvalue weighted by molar-refractivity contribution is 6.35. The second-order valence-electron chi connectivity index (χ2n) is 8.01. The smallest absolute Gasteiger partial charge is 0.209 e. The Morgan fingerprint density at radius 2 is 1.39 bits per heavy atom. The Kier molecular flexibility index (Phi) is 4.94. The lowest BCUT2D eigenvalue weighted by Gasteiger charge is -2.33. The molecule has 1 N–H and O–H groups in total. The number of nitrogens with zero attached hydrogens (tertiary/aromatic N) is 2. The van der Waals surface area contributed by atoms with Crippen molar-refractivity contribution in [3.63, 3.8) is 0 Å². The summed E-state index contributed by atoms with van der Waals surface area (Å²) in [6.45, 7) is 0. The van der Waals surface area contributed by atoms with Crippen molar-refractivity contribution >= 4 is 51.5 Å². The quantitative estimate of drug-likeness (QED) is 0.291. The zero-order chi connectivity index (χ0) is 22.4. The molecule has 33 heavy (non-hydrogen) atoms. The van der Waals surface area contributed by atoms with E-state index < -0.39 is 0 Å². The fourth-order valence-electron chi connectivity index (χ4n) is 4.61. The van der Waals surface area contributed by atoms with Crippen LogP contribution in [0.25, 0.3) is 22.3 Å². The Morgan fingerprint density at radius 1 is 0.727 bits per heavy atom. The summed E-state index contributed by atoms with van der Waals surface area (Å²) in [5.74, 6) is 0.783. The molecular weight excluding hydrogens is 449 g/mol. The average Bonchev–Trinajstić information content (AvgIpc) is 3.23. The summed E-state index contributed by atoms with van der Waals surface area (Å²) in [5, 5.41) is 4.88. The Hall–Kier alpha value is -3.53. The van der Waals surface area contributed by atoms with Crippen molar-refractivity contribution in [1.82, 2.24) is 9.55 Å². The molecule has 0 spiro atoms. The molecule has 6 rings (SSSR count). The van der Waals surface area contributed by atoms with Crippen LogP contribution in [0.15, 0.2) is 103 Å². The maximum absolute atomic E-state index is 6.83. The largest absolute Gasteiger partial charge is 0.325 e. The van der Waals surface area contributed by atoms with Crippen molar-refractivity contribution in [3.8, 4) is 0 Å². The standard InChI is InChI=1S/C28H19Cl2N3/c29-20-15-16-21(22(30)17-20)27-25(18-9-3-1-4-10-18)26(19-11-5-2-6-12-19)32-28-31-23-13-7-8-14-24(23)33(27)28/h1-17,27H,(H,31,32). The van der Waals surface area contributed by atoms with E-state index in [-0.39, 0.29) is 6.04 Å². The van der Waals surface area contributed by atoms with E-state index in [0.29, 0.717) is 10.0 Å². The third-order valence-electron chi connectivity index (χ3n) is 6.04. The van der Waals surface area contributed by atoms with Crippen molar-refractivity contribution in [2.24, 2.45) is 0 Å². The summed E-state index contributed by atoms with van der Waals surface area (Å²) >= 11 is 13.1. The van der Waals surface area contributed by atoms with Crippen molar-refractivity contribution < 1.29 is 0 Å². The molecule has 0 radical (unpaired) electrons. The van der Waals surface area contributed by atoms with Gasteiger partial charge in [0.05, 0.1) is 22.8 Å². The van der Waals surface area contributed by atoms with Gasteiger partial charge in [0.15, 0.2) is 0 Å². The number of aromatic nitrogens is 2. The third-order valence-corrected chi connectivity index (χ3v) is 6.60. The number of hydrogen-bond acceptors (Lipinski definition) is 2. The van der Waals surface area contributed by atoms with E-state index in [1.54, 1.807) is 0 Å². The predicted molar refractivity (Wildman–Crippen MR) is 138 cm³/mol. The molecule has 5 aromatic rings. The number of imidazole rings is 1. The lowest BCUT2D eigenvalue weighted by Crippen LogP contribution is -2.23. The summed E-state index contributed by atoms with van der Waals surface area (Å²) in [6.07, 6.45) is 0. The molecule has 0 saturated heterocycles. The van der Waals surface area contributed by atoms with Crippen LogP contribution >= 0.6 is 23.2 Å². The Balaban J connectivity index is 1.73. The molecule has 160 valence electrons. The number of para-hydroxylation sites is 2. The van der Waals surface area contributed by atoms with E-state index in [2.05, 4.69) is 64.5 Å². The van der Waals surface area contributed by atoms with Crippen molar-refractivity contribution in [3.05, 3.63) is 130 Å². The van der Waals surface area contributed by atoms with Crippen LogP contribution in [-0.2, 0) is 0 Å². The fourth-order valence-corrected chi connectivity index (χ4v) is 5.12. The van der Waals surface area contributed by atoms with Gasteiger partial charge in [-0.1, -0.05) is 102 Å². The van der Waals surface area contributed by atoms with Gasteiger partial charge in [0.2, 0.25) is 5.95 Å². The number of anilines is 1. The molecule has 5 heteroatoms. The Bertz CT molecular complexity index is 1500. The first-order chi connectivity index (χ1) is 16.2. The van der Waals surface area contributed by atoms with Crippen LogP contribution in [0.5, 0.6) is 0 Å². The molecule has 3 nitrogen and oxygen atoms in total. The summed E-state index contributed by atoms with van der Waals surface area (Å²) in [6, 6.07) is 34.5. The van der Waals surface area contributed by atoms with Gasteiger partial charge in [-0.25, -0.2) is 4.98 Å². The lowest BCUT2D eigenvalue weighted by molar-refractivity contribution is 0.738. The van der Waals surface area contributed by atoms with Crippen LogP contribution in [-0.4, -0.2) is 9.55 Å². The number of rotatable bonds is 3. The van der Waals surface area contributed by atoms with E-state index in [1.807, 2.05) is 48.5 Å². The van der Waals surface area contributed by atoms with Gasteiger partial charge < -0.3 is 5.32 Å². The molecule has 0 aliphatic carbocycles. The van der Waals surface area contributed by atoms with Crippen LogP contribution in [0.4, 0.5) is 5.95 Å². The molecule has 1 aromatic heterocycles. The van der Waals surface area contributed by atoms with Gasteiger partial charge in [-0.2, -0.15) is 0 Å². The molecular formula is C28H19Cl2N3. The highest BCUT2D eigenvalue weighted by Crippen LogP contribution is 2.47. The molecule has 0 saturated carbocycles. The van der Waals surface area contributed by atoms with E-state index in [0.717, 1.165) is 44.9 Å². The zero-order valence-corrected chi connectivity index (χ0v) is 19.1. The van der Waals surface area contributed by atoms with Crippen molar-refractivity contribution in [2.45, 2.75) is 6.04 Å². The molecule has 0 amide bonds. The van der Waals surface area contributed by atoms with Crippen LogP contribution < -0.4 is 5.32 Å². The fraction of sp³-hybridized carbons (Fsp3) is 0.0357. The number of benzene rings is 4. The zero-order valence-electron chi connectivity index (χ0n) is 17.5. The monoisotopic (exact) mass is 467 g/mol. The maximum atomic E-state index is 6.83. The highest BCUT2D eigenvalue weighted by atomic mass is 35.5. The lowest BCUT2D eigenvalue weighted by atomic mass is 9.87. The third kappa shape index (κ3) is 3.41. The van der Waals surface area contributed by atoms with Gasteiger partial charge in [-0.05, 0) is 41.0 Å². The van der Waals surface area contributed by atoms with Gasteiger partial charge in [-0.15, -0.1) is 0 Å². The predicted octanol–water partition coefficient (Wildman–Crippen LogP) is 7.93. The summed E-state index contributed by atoms with van der Waals surface area (Å²) in [5.41, 5.74) is 7.28. The van der Waals surface area contributed by atoms with Gasteiger partial charge in [0.25, 0.3) is 0 Å². The number of nitrogens with one attached hydrogen (secondary N) is 1. The van der Waals surface area contributed by atoms with Gasteiger partial charge in [0.1, 0.15) is 0 Å². The second-order valence-corrected chi connectivity index (χ2v) is 8.85. The van der Waals surface area contributed by atoms with Crippen molar-refractivity contribution in [2.75, 3.05) is 5.32 Å². The summed E-state index contributed by atoms with van der Waals surface area (Å²) in [4.78, 5) is 4.93. The normalized spacial score (nSPS) is 15.4. The minimum absolute atomic E-state index is 0.198. The molecule has 2 heterocycles. The van der Waals surface area contributed by atoms with Crippen LogP contribution in [0.3, 0.4) is 0 Å². The minimum Gasteiger partial charge on any atom is -0.325 e. The first-order valence-corrected chi connectivity index (χ1v) is 11.5. The molecule has 4 aromatic carbocycles. The molecule has 0 bridgehead atoms. The van der Waals surface area contributed by atoms with E-state index in [1.165, 1.54) is 0 Å². The number of halogens is 2. The number of allylic oxidation sites excluding steroid dienone is 1. The molecule has 1 atom stereocenters. The van der Waals surface area contributed by atoms with Crippen LogP contribution in [0.1, 0.15) is 22.7 Å². The van der Waals surface area contributed by atoms with Crippen molar-refractivity contribution in [1.29, 1.82) is 0 Å². The van der Waals surface area contributed by atoms with Gasteiger partial charge >= 0.3 is 0 Å². The number of hydrogen-bond donors (Lipinski definition) is 1. The first kappa shape index (κ1) is 20.1. The molecule has 0 fully saturated rings. The number of fused-ring (bicyclic) bond motifs is 3. The van der Waals surface area contributed by atoms with Gasteiger partial charge in [0, 0.05) is 15.6 Å². The average molecular weight is 468 g/mol.